The number of hydrogen-bond donors (Lipinski definition) is 3. The molecule has 2 heterocycles. The number of amides is 1. The maximum Gasteiger partial charge on any atom is 0.262 e. The third-order valence-corrected chi connectivity index (χ3v) is 6.88. The molecule has 1 saturated heterocycles. The van der Waals surface area contributed by atoms with Gasteiger partial charge in [-0.15, -0.1) is 0 Å². The highest BCUT2D eigenvalue weighted by Crippen LogP contribution is 2.14. The van der Waals surface area contributed by atoms with Crippen LogP contribution in [0.1, 0.15) is 35.7 Å². The zero-order valence-electron chi connectivity index (χ0n) is 17.4. The Balaban J connectivity index is 1.56. The van der Waals surface area contributed by atoms with Crippen molar-refractivity contribution in [2.75, 3.05) is 19.6 Å². The SMILES string of the molecule is CC[NH+]1CCCC1CNC(=O)c1ccc2c(=O)n(Cc3cccc(Br)c3)c(=S)[nH]c2c1. The number of halogens is 1. The van der Waals surface area contributed by atoms with Crippen molar-refractivity contribution in [3.05, 3.63) is 73.2 Å². The number of H-pyrrole nitrogens is 1. The maximum absolute atomic E-state index is 13.0. The molecule has 0 saturated carbocycles. The molecule has 2 aromatic carbocycles. The zero-order chi connectivity index (χ0) is 22.0. The Morgan fingerprint density at radius 2 is 2.16 bits per heavy atom. The Labute approximate surface area is 194 Å². The number of quaternary nitrogens is 1. The molecule has 0 aliphatic carbocycles. The number of hydrogen-bond acceptors (Lipinski definition) is 3. The van der Waals surface area contributed by atoms with Crippen molar-refractivity contribution in [1.82, 2.24) is 14.9 Å². The number of likely N-dealkylation sites (N-methyl/N-ethyl adjacent to an activating group) is 1. The number of carbonyl (C=O) groups is 1. The Morgan fingerprint density at radius 3 is 2.94 bits per heavy atom. The standard InChI is InChI=1S/C23H25BrN4O2S/c1-2-27-10-4-7-18(27)13-25-21(29)16-8-9-19-20(12-16)26-23(31)28(22(19)30)14-15-5-3-6-17(24)11-15/h3,5-6,8-9,11-12,18H,2,4,7,10,13-14H2,1H3,(H,25,29)(H,26,31)/p+1. The van der Waals surface area contributed by atoms with Crippen LogP contribution in [-0.2, 0) is 6.54 Å². The second kappa shape index (κ2) is 9.46. The average Bonchev–Trinajstić information content (AvgIpc) is 3.22. The normalized spacial score (nSPS) is 18.4. The maximum atomic E-state index is 13.0. The summed E-state index contributed by atoms with van der Waals surface area (Å²) in [4.78, 5) is 30.4. The second-order valence-corrected chi connectivity index (χ2v) is 9.33. The van der Waals surface area contributed by atoms with Crippen LogP contribution in [0.3, 0.4) is 0 Å². The number of aromatic amines is 1. The summed E-state index contributed by atoms with van der Waals surface area (Å²) in [7, 11) is 0. The summed E-state index contributed by atoms with van der Waals surface area (Å²) in [6.45, 7) is 5.49. The quantitative estimate of drug-likeness (QED) is 0.454. The lowest BCUT2D eigenvalue weighted by atomic mass is 10.1. The number of nitrogens with zero attached hydrogens (tertiary/aromatic N) is 1. The van der Waals surface area contributed by atoms with Gasteiger partial charge in [0.1, 0.15) is 6.04 Å². The fourth-order valence-corrected chi connectivity index (χ4v) is 5.07. The number of likely N-dealkylation sites (tertiary alicyclic amines) is 1. The fourth-order valence-electron chi connectivity index (χ4n) is 4.37. The van der Waals surface area contributed by atoms with E-state index >= 15 is 0 Å². The van der Waals surface area contributed by atoms with Crippen molar-refractivity contribution in [2.24, 2.45) is 0 Å². The molecule has 0 spiro atoms. The van der Waals surface area contributed by atoms with Gasteiger partial charge < -0.3 is 15.2 Å². The highest BCUT2D eigenvalue weighted by molar-refractivity contribution is 9.10. The molecule has 0 bridgehead atoms. The molecule has 1 aliphatic heterocycles. The van der Waals surface area contributed by atoms with E-state index in [9.17, 15) is 9.59 Å². The monoisotopic (exact) mass is 501 g/mol. The van der Waals surface area contributed by atoms with Crippen molar-refractivity contribution in [3.8, 4) is 0 Å². The number of carbonyl (C=O) groups excluding carboxylic acids is 1. The second-order valence-electron chi connectivity index (χ2n) is 8.02. The molecule has 2 atom stereocenters. The fraction of sp³-hybridized carbons (Fsp3) is 0.348. The molecule has 6 nitrogen and oxygen atoms in total. The Bertz CT molecular complexity index is 1240. The van der Waals surface area contributed by atoms with Crippen LogP contribution in [-0.4, -0.2) is 41.1 Å². The van der Waals surface area contributed by atoms with Gasteiger partial charge in [-0.3, -0.25) is 14.2 Å². The van der Waals surface area contributed by atoms with Gasteiger partial charge in [-0.2, -0.15) is 0 Å². The van der Waals surface area contributed by atoms with Crippen molar-refractivity contribution < 1.29 is 9.69 Å². The van der Waals surface area contributed by atoms with E-state index in [0.29, 0.717) is 40.4 Å². The summed E-state index contributed by atoms with van der Waals surface area (Å²) >= 11 is 8.91. The Hall–Kier alpha value is -2.29. The molecule has 3 aromatic rings. The lowest BCUT2D eigenvalue weighted by molar-refractivity contribution is -0.909. The van der Waals surface area contributed by atoms with E-state index in [4.69, 9.17) is 12.2 Å². The Morgan fingerprint density at radius 1 is 1.32 bits per heavy atom. The first kappa shape index (κ1) is 21.9. The van der Waals surface area contributed by atoms with E-state index in [0.717, 1.165) is 23.0 Å². The summed E-state index contributed by atoms with van der Waals surface area (Å²) < 4.78 is 2.83. The molecule has 1 aliphatic rings. The summed E-state index contributed by atoms with van der Waals surface area (Å²) in [6, 6.07) is 13.4. The minimum atomic E-state index is -0.168. The van der Waals surface area contributed by atoms with Gasteiger partial charge >= 0.3 is 0 Å². The molecular weight excluding hydrogens is 476 g/mol. The minimum absolute atomic E-state index is 0.123. The molecule has 1 fully saturated rings. The molecule has 0 radical (unpaired) electrons. The first-order valence-corrected chi connectivity index (χ1v) is 11.8. The molecule has 1 amide bonds. The van der Waals surface area contributed by atoms with Gasteiger partial charge in [0, 0.05) is 22.9 Å². The van der Waals surface area contributed by atoms with Crippen LogP contribution in [0, 0.1) is 4.77 Å². The zero-order valence-corrected chi connectivity index (χ0v) is 19.8. The van der Waals surface area contributed by atoms with E-state index in [-0.39, 0.29) is 11.5 Å². The number of nitrogens with one attached hydrogen (secondary N) is 3. The number of fused-ring (bicyclic) bond motifs is 1. The molecule has 31 heavy (non-hydrogen) atoms. The van der Waals surface area contributed by atoms with Gasteiger partial charge in [-0.25, -0.2) is 0 Å². The first-order valence-electron chi connectivity index (χ1n) is 10.6. The predicted molar refractivity (Wildman–Crippen MR) is 128 cm³/mol. The molecule has 8 heteroatoms. The number of benzene rings is 2. The van der Waals surface area contributed by atoms with Crippen LogP contribution < -0.4 is 15.8 Å². The first-order chi connectivity index (χ1) is 15.0. The highest BCUT2D eigenvalue weighted by atomic mass is 79.9. The van der Waals surface area contributed by atoms with Crippen molar-refractivity contribution in [1.29, 1.82) is 0 Å². The smallest absolute Gasteiger partial charge is 0.262 e. The minimum Gasteiger partial charge on any atom is -0.346 e. The lowest BCUT2D eigenvalue weighted by Crippen LogP contribution is -3.14. The van der Waals surface area contributed by atoms with Crippen molar-refractivity contribution in [2.45, 2.75) is 32.4 Å². The van der Waals surface area contributed by atoms with Gasteiger partial charge in [0.25, 0.3) is 11.5 Å². The molecule has 3 N–H and O–H groups in total. The average molecular weight is 502 g/mol. The molecular formula is C23H26BrN4O2S+. The van der Waals surface area contributed by atoms with E-state index in [1.54, 1.807) is 27.7 Å². The van der Waals surface area contributed by atoms with Crippen LogP contribution in [0.2, 0.25) is 0 Å². The van der Waals surface area contributed by atoms with Crippen molar-refractivity contribution in [3.63, 3.8) is 0 Å². The summed E-state index contributed by atoms with van der Waals surface area (Å²) in [5.74, 6) is -0.123. The lowest BCUT2D eigenvalue weighted by Gasteiger charge is -2.20. The Kier molecular flexibility index (Phi) is 6.69. The van der Waals surface area contributed by atoms with Crippen LogP contribution in [0.5, 0.6) is 0 Å². The van der Waals surface area contributed by atoms with E-state index in [1.807, 2.05) is 24.3 Å². The summed E-state index contributed by atoms with van der Waals surface area (Å²) in [6.07, 6.45) is 2.36. The molecule has 1 aromatic heterocycles. The van der Waals surface area contributed by atoms with E-state index in [1.165, 1.54) is 13.0 Å². The largest absolute Gasteiger partial charge is 0.346 e. The van der Waals surface area contributed by atoms with Gasteiger partial charge in [0.05, 0.1) is 37.1 Å². The van der Waals surface area contributed by atoms with Gasteiger partial charge in [-0.1, -0.05) is 28.1 Å². The third-order valence-electron chi connectivity index (χ3n) is 6.06. The van der Waals surface area contributed by atoms with Crippen LogP contribution >= 0.6 is 28.1 Å². The number of rotatable bonds is 6. The molecule has 4 rings (SSSR count). The predicted octanol–water partition coefficient (Wildman–Crippen LogP) is 2.67. The highest BCUT2D eigenvalue weighted by Gasteiger charge is 2.27. The topological polar surface area (TPSA) is 71.3 Å². The third kappa shape index (κ3) is 4.81. The van der Waals surface area contributed by atoms with Crippen molar-refractivity contribution >= 4 is 45.0 Å². The van der Waals surface area contributed by atoms with Crippen LogP contribution in [0.4, 0.5) is 0 Å². The van der Waals surface area contributed by atoms with E-state index in [2.05, 4.69) is 33.2 Å². The summed E-state index contributed by atoms with van der Waals surface area (Å²) in [5, 5.41) is 3.57. The van der Waals surface area contributed by atoms with Gasteiger partial charge in [0.15, 0.2) is 4.77 Å². The van der Waals surface area contributed by atoms with Gasteiger partial charge in [0.2, 0.25) is 0 Å². The van der Waals surface area contributed by atoms with Crippen LogP contribution in [0.25, 0.3) is 10.9 Å². The van der Waals surface area contributed by atoms with Gasteiger partial charge in [-0.05, 0) is 55.0 Å². The molecule has 2 unspecified atom stereocenters. The van der Waals surface area contributed by atoms with Crippen LogP contribution in [0.15, 0.2) is 51.7 Å². The summed E-state index contributed by atoms with van der Waals surface area (Å²) in [5.41, 5.74) is 1.91. The number of aromatic nitrogens is 2. The molecule has 162 valence electrons. The van der Waals surface area contributed by atoms with E-state index < -0.39 is 0 Å².